The summed E-state index contributed by atoms with van der Waals surface area (Å²) in [6.07, 6.45) is 0. The van der Waals surface area contributed by atoms with Crippen LogP contribution in [0, 0.1) is 6.92 Å². The minimum Gasteiger partial charge on any atom is -0.356 e. The average Bonchev–Trinajstić information content (AvgIpc) is 2.68. The summed E-state index contributed by atoms with van der Waals surface area (Å²) in [6, 6.07) is 1.78. The Kier molecular flexibility index (Phi) is 3.33. The van der Waals surface area contributed by atoms with Crippen molar-refractivity contribution in [1.82, 2.24) is 19.6 Å². The van der Waals surface area contributed by atoms with Crippen LogP contribution in [0.15, 0.2) is 10.9 Å². The smallest absolute Gasteiger partial charge is 0.349 e. The fraction of sp³-hybridized carbons (Fsp3) is 0.500. The van der Waals surface area contributed by atoms with Gasteiger partial charge < -0.3 is 4.90 Å². The van der Waals surface area contributed by atoms with Crippen molar-refractivity contribution in [2.45, 2.75) is 13.8 Å². The summed E-state index contributed by atoms with van der Waals surface area (Å²) in [6.45, 7) is 5.34. The molecule has 0 aliphatic carbocycles. The van der Waals surface area contributed by atoms with E-state index in [0.29, 0.717) is 17.4 Å². The van der Waals surface area contributed by atoms with Crippen LogP contribution in [0.25, 0.3) is 5.65 Å². The highest BCUT2D eigenvalue weighted by molar-refractivity contribution is 6.18. The molecular formula is C10H14ClN5O. The summed E-state index contributed by atoms with van der Waals surface area (Å²) < 4.78 is 1.44. The molecule has 0 bridgehead atoms. The van der Waals surface area contributed by atoms with Crippen LogP contribution in [0.1, 0.15) is 12.7 Å². The minimum atomic E-state index is -0.267. The van der Waals surface area contributed by atoms with Crippen LogP contribution in [-0.2, 0) is 0 Å². The molecule has 17 heavy (non-hydrogen) atoms. The van der Waals surface area contributed by atoms with Crippen molar-refractivity contribution in [2.75, 3.05) is 23.9 Å². The standard InChI is InChI=1S/C10H14ClN5O/c1-3-15(5-4-11)8-6-9-13-14-10(17)16(9)7(2)12-8/h6H,3-5H2,1-2H3,(H,14,17). The summed E-state index contributed by atoms with van der Waals surface area (Å²) in [7, 11) is 0. The number of halogens is 1. The summed E-state index contributed by atoms with van der Waals surface area (Å²) in [5.74, 6) is 1.94. The highest BCUT2D eigenvalue weighted by Gasteiger charge is 2.10. The number of H-pyrrole nitrogens is 1. The minimum absolute atomic E-state index is 0.267. The second-order valence-electron chi connectivity index (χ2n) is 3.65. The maximum absolute atomic E-state index is 11.4. The Hall–Kier alpha value is -1.56. The van der Waals surface area contributed by atoms with Gasteiger partial charge in [-0.2, -0.15) is 5.10 Å². The van der Waals surface area contributed by atoms with E-state index in [2.05, 4.69) is 15.2 Å². The first kappa shape index (κ1) is 11.9. The number of aryl methyl sites for hydroxylation is 1. The Bertz CT molecular complexity index is 576. The number of nitrogens with one attached hydrogen (secondary N) is 1. The molecule has 2 heterocycles. The lowest BCUT2D eigenvalue weighted by molar-refractivity contribution is 0.829. The molecule has 6 nitrogen and oxygen atoms in total. The molecule has 0 aromatic carbocycles. The van der Waals surface area contributed by atoms with E-state index in [-0.39, 0.29) is 5.69 Å². The van der Waals surface area contributed by atoms with Crippen LogP contribution in [0.5, 0.6) is 0 Å². The first-order valence-corrected chi connectivity index (χ1v) is 5.96. The fourth-order valence-electron chi connectivity index (χ4n) is 1.78. The van der Waals surface area contributed by atoms with Crippen LogP contribution in [0.4, 0.5) is 5.82 Å². The quantitative estimate of drug-likeness (QED) is 0.821. The largest absolute Gasteiger partial charge is 0.356 e. The van der Waals surface area contributed by atoms with Gasteiger partial charge in [-0.3, -0.25) is 0 Å². The molecule has 0 spiro atoms. The van der Waals surface area contributed by atoms with Crippen molar-refractivity contribution in [3.05, 3.63) is 22.4 Å². The third kappa shape index (κ3) is 2.12. The molecule has 0 atom stereocenters. The summed E-state index contributed by atoms with van der Waals surface area (Å²) >= 11 is 5.74. The molecular weight excluding hydrogens is 242 g/mol. The predicted molar refractivity (Wildman–Crippen MR) is 67.0 cm³/mol. The maximum Gasteiger partial charge on any atom is 0.349 e. The van der Waals surface area contributed by atoms with Gasteiger partial charge in [0.15, 0.2) is 5.65 Å². The Labute approximate surface area is 103 Å². The zero-order chi connectivity index (χ0) is 12.4. The van der Waals surface area contributed by atoms with Crippen molar-refractivity contribution >= 4 is 23.1 Å². The molecule has 0 aliphatic heterocycles. The van der Waals surface area contributed by atoms with E-state index in [1.54, 1.807) is 13.0 Å². The van der Waals surface area contributed by atoms with Gasteiger partial charge in [0.05, 0.1) is 0 Å². The zero-order valence-corrected chi connectivity index (χ0v) is 10.5. The number of hydrogen-bond acceptors (Lipinski definition) is 4. The maximum atomic E-state index is 11.4. The molecule has 0 radical (unpaired) electrons. The molecule has 0 fully saturated rings. The molecule has 0 unspecified atom stereocenters. The number of alkyl halides is 1. The topological polar surface area (TPSA) is 66.3 Å². The normalized spacial score (nSPS) is 11.0. The van der Waals surface area contributed by atoms with Gasteiger partial charge >= 0.3 is 5.69 Å². The SMILES string of the molecule is CCN(CCCl)c1cc2n[nH]c(=O)n2c(C)n1. The molecule has 92 valence electrons. The molecule has 2 rings (SSSR count). The molecule has 2 aromatic heterocycles. The first-order chi connectivity index (χ1) is 8.17. The number of aromatic nitrogens is 4. The van der Waals surface area contributed by atoms with Gasteiger partial charge in [-0.25, -0.2) is 19.3 Å². The fourth-order valence-corrected chi connectivity index (χ4v) is 1.98. The molecule has 0 saturated carbocycles. The van der Waals surface area contributed by atoms with Crippen LogP contribution in [0.2, 0.25) is 0 Å². The third-order valence-electron chi connectivity index (χ3n) is 2.62. The highest BCUT2D eigenvalue weighted by atomic mass is 35.5. The Morgan fingerprint density at radius 3 is 3.00 bits per heavy atom. The average molecular weight is 256 g/mol. The van der Waals surface area contributed by atoms with Crippen LogP contribution in [-0.4, -0.2) is 38.6 Å². The summed E-state index contributed by atoms with van der Waals surface area (Å²) in [5, 5.41) is 6.35. The Morgan fingerprint density at radius 1 is 1.59 bits per heavy atom. The number of aromatic amines is 1. The van der Waals surface area contributed by atoms with Crippen LogP contribution >= 0.6 is 11.6 Å². The van der Waals surface area contributed by atoms with E-state index in [4.69, 9.17) is 11.6 Å². The van der Waals surface area contributed by atoms with E-state index in [9.17, 15) is 4.79 Å². The molecule has 1 N–H and O–H groups in total. The molecule has 0 aliphatic rings. The molecule has 0 saturated heterocycles. The van der Waals surface area contributed by atoms with Crippen molar-refractivity contribution < 1.29 is 0 Å². The van der Waals surface area contributed by atoms with Crippen molar-refractivity contribution in [3.63, 3.8) is 0 Å². The van der Waals surface area contributed by atoms with Gasteiger partial charge in [-0.1, -0.05) is 0 Å². The lowest BCUT2D eigenvalue weighted by Gasteiger charge is -2.20. The van der Waals surface area contributed by atoms with Crippen molar-refractivity contribution in [2.24, 2.45) is 0 Å². The van der Waals surface area contributed by atoms with Crippen molar-refractivity contribution in [3.8, 4) is 0 Å². The predicted octanol–water partition coefficient (Wildman–Crippen LogP) is 0.791. The number of rotatable bonds is 4. The summed E-state index contributed by atoms with van der Waals surface area (Å²) in [4.78, 5) is 17.9. The van der Waals surface area contributed by atoms with Gasteiger partial charge in [0.1, 0.15) is 11.6 Å². The van der Waals surface area contributed by atoms with E-state index in [1.807, 2.05) is 11.8 Å². The second-order valence-corrected chi connectivity index (χ2v) is 4.03. The third-order valence-corrected chi connectivity index (χ3v) is 2.79. The van der Waals surface area contributed by atoms with Crippen LogP contribution < -0.4 is 10.6 Å². The van der Waals surface area contributed by atoms with Gasteiger partial charge in [0.2, 0.25) is 0 Å². The first-order valence-electron chi connectivity index (χ1n) is 5.43. The van der Waals surface area contributed by atoms with Crippen LogP contribution in [0.3, 0.4) is 0 Å². The number of nitrogens with zero attached hydrogens (tertiary/aromatic N) is 4. The second kappa shape index (κ2) is 4.75. The Balaban J connectivity index is 2.53. The van der Waals surface area contributed by atoms with Gasteiger partial charge in [0.25, 0.3) is 0 Å². The lowest BCUT2D eigenvalue weighted by atomic mass is 10.4. The number of fused-ring (bicyclic) bond motifs is 1. The molecule has 2 aromatic rings. The zero-order valence-electron chi connectivity index (χ0n) is 9.77. The van der Waals surface area contributed by atoms with E-state index in [0.717, 1.165) is 18.9 Å². The number of anilines is 1. The van der Waals surface area contributed by atoms with E-state index < -0.39 is 0 Å². The summed E-state index contributed by atoms with van der Waals surface area (Å²) in [5.41, 5.74) is 0.308. The van der Waals surface area contributed by atoms with Crippen molar-refractivity contribution in [1.29, 1.82) is 0 Å². The van der Waals surface area contributed by atoms with Gasteiger partial charge in [-0.15, -0.1) is 11.6 Å². The van der Waals surface area contributed by atoms with Gasteiger partial charge in [0, 0.05) is 25.0 Å². The molecule has 7 heteroatoms. The Morgan fingerprint density at radius 2 is 2.35 bits per heavy atom. The highest BCUT2D eigenvalue weighted by Crippen LogP contribution is 2.13. The van der Waals surface area contributed by atoms with Gasteiger partial charge in [-0.05, 0) is 13.8 Å². The lowest BCUT2D eigenvalue weighted by Crippen LogP contribution is -2.27. The monoisotopic (exact) mass is 255 g/mol. The van der Waals surface area contributed by atoms with E-state index in [1.165, 1.54) is 4.40 Å². The molecule has 0 amide bonds. The van der Waals surface area contributed by atoms with E-state index >= 15 is 0 Å². The number of hydrogen-bond donors (Lipinski definition) is 1.